The second-order valence-corrected chi connectivity index (χ2v) is 8.25. The lowest BCUT2D eigenvalue weighted by Gasteiger charge is -2.21. The third-order valence-electron chi connectivity index (χ3n) is 5.69. The molecule has 1 heterocycles. The van der Waals surface area contributed by atoms with Crippen molar-refractivity contribution >= 4 is 35.1 Å². The van der Waals surface area contributed by atoms with Crippen LogP contribution >= 0.6 is 0 Å². The fourth-order valence-electron chi connectivity index (χ4n) is 3.87. The van der Waals surface area contributed by atoms with E-state index in [2.05, 4.69) is 5.32 Å². The van der Waals surface area contributed by atoms with Gasteiger partial charge < -0.3 is 19.7 Å². The van der Waals surface area contributed by atoms with Crippen LogP contribution in [0.5, 0.6) is 5.75 Å². The summed E-state index contributed by atoms with van der Waals surface area (Å²) >= 11 is 0. The lowest BCUT2D eigenvalue weighted by molar-refractivity contribution is -0.137. The zero-order valence-electron chi connectivity index (χ0n) is 20.3. The Morgan fingerprint density at radius 1 is 0.917 bits per heavy atom. The van der Waals surface area contributed by atoms with E-state index >= 15 is 0 Å². The number of amides is 1. The van der Waals surface area contributed by atoms with Crippen LogP contribution in [0.3, 0.4) is 0 Å². The summed E-state index contributed by atoms with van der Waals surface area (Å²) in [4.78, 5) is 39.5. The van der Waals surface area contributed by atoms with E-state index in [1.54, 1.807) is 54.3 Å². The van der Waals surface area contributed by atoms with Crippen LogP contribution in [-0.2, 0) is 19.1 Å². The molecule has 7 heteroatoms. The van der Waals surface area contributed by atoms with Crippen molar-refractivity contribution in [2.45, 2.75) is 13.8 Å². The second-order valence-electron chi connectivity index (χ2n) is 8.25. The van der Waals surface area contributed by atoms with Gasteiger partial charge in [-0.1, -0.05) is 48.0 Å². The Balaban J connectivity index is 1.53. The molecular formula is C29H26N2O5. The van der Waals surface area contributed by atoms with Gasteiger partial charge in [0.2, 0.25) is 5.78 Å². The zero-order chi connectivity index (χ0) is 25.7. The molecule has 4 rings (SSSR count). The van der Waals surface area contributed by atoms with Gasteiger partial charge in [-0.2, -0.15) is 0 Å². The predicted molar refractivity (Wildman–Crippen MR) is 138 cm³/mol. The van der Waals surface area contributed by atoms with Gasteiger partial charge >= 0.3 is 5.97 Å². The number of para-hydroxylation sites is 1. The quantitative estimate of drug-likeness (QED) is 0.293. The Kier molecular flexibility index (Phi) is 7.30. The molecule has 3 aromatic rings. The van der Waals surface area contributed by atoms with Crippen molar-refractivity contribution in [1.82, 2.24) is 0 Å². The first-order chi connectivity index (χ1) is 17.4. The molecule has 182 valence electrons. The molecule has 1 aliphatic rings. The third-order valence-corrected chi connectivity index (χ3v) is 5.69. The number of aryl methyl sites for hydroxylation is 1. The van der Waals surface area contributed by atoms with Crippen LogP contribution in [0.15, 0.2) is 95.8 Å². The lowest BCUT2D eigenvalue weighted by Crippen LogP contribution is -2.20. The number of benzene rings is 3. The summed E-state index contributed by atoms with van der Waals surface area (Å²) in [5, 5.41) is 2.76. The van der Waals surface area contributed by atoms with Gasteiger partial charge in [-0.25, -0.2) is 4.79 Å². The molecule has 0 aliphatic carbocycles. The van der Waals surface area contributed by atoms with Crippen molar-refractivity contribution < 1.29 is 23.9 Å². The van der Waals surface area contributed by atoms with E-state index in [1.165, 1.54) is 7.11 Å². The molecule has 7 nitrogen and oxygen atoms in total. The average molecular weight is 483 g/mol. The van der Waals surface area contributed by atoms with E-state index in [9.17, 15) is 14.4 Å². The molecule has 0 fully saturated rings. The highest BCUT2D eigenvalue weighted by molar-refractivity contribution is 6.30. The van der Waals surface area contributed by atoms with E-state index < -0.39 is 11.8 Å². The fourth-order valence-corrected chi connectivity index (χ4v) is 3.87. The number of nitrogens with zero attached hydrogens (tertiary/aromatic N) is 1. The molecular weight excluding hydrogens is 456 g/mol. The van der Waals surface area contributed by atoms with Crippen molar-refractivity contribution in [3.63, 3.8) is 0 Å². The average Bonchev–Trinajstić information content (AvgIpc) is 3.13. The minimum Gasteiger partial charge on any atom is -0.484 e. The second kappa shape index (κ2) is 10.7. The molecule has 0 spiro atoms. The largest absolute Gasteiger partial charge is 0.484 e. The molecule has 0 atom stereocenters. The molecule has 36 heavy (non-hydrogen) atoms. The Labute approximate surface area is 209 Å². The lowest BCUT2D eigenvalue weighted by atomic mass is 10.1. The van der Waals surface area contributed by atoms with Gasteiger partial charge in [0.05, 0.1) is 12.8 Å². The molecule has 1 amide bonds. The monoisotopic (exact) mass is 482 g/mol. The Morgan fingerprint density at radius 2 is 1.58 bits per heavy atom. The summed E-state index contributed by atoms with van der Waals surface area (Å²) in [6.45, 7) is 3.57. The molecule has 0 unspecified atom stereocenters. The van der Waals surface area contributed by atoms with Gasteiger partial charge in [0.15, 0.2) is 6.61 Å². The maximum atomic E-state index is 13.2. The number of carbonyl (C=O) groups excluding carboxylic acids is 3. The van der Waals surface area contributed by atoms with Crippen LogP contribution in [-0.4, -0.2) is 31.4 Å². The van der Waals surface area contributed by atoms with Gasteiger partial charge in [0.1, 0.15) is 11.3 Å². The summed E-state index contributed by atoms with van der Waals surface area (Å²) in [7, 11) is 1.26. The number of hydrogen-bond donors (Lipinski definition) is 1. The summed E-state index contributed by atoms with van der Waals surface area (Å²) < 4.78 is 10.4. The van der Waals surface area contributed by atoms with E-state index in [0.717, 1.165) is 16.8 Å². The molecule has 0 saturated carbocycles. The molecule has 0 saturated heterocycles. The minimum atomic E-state index is -0.671. The number of carbonyl (C=O) groups is 3. The molecule has 0 aromatic heterocycles. The van der Waals surface area contributed by atoms with Crippen molar-refractivity contribution in [1.29, 1.82) is 0 Å². The van der Waals surface area contributed by atoms with Crippen LogP contribution in [0.2, 0.25) is 0 Å². The number of allylic oxidation sites excluding steroid dienone is 2. The number of ketones is 1. The van der Waals surface area contributed by atoms with Gasteiger partial charge in [-0.05, 0) is 61.9 Å². The van der Waals surface area contributed by atoms with Gasteiger partial charge in [-0.15, -0.1) is 0 Å². The highest BCUT2D eigenvalue weighted by Gasteiger charge is 2.38. The predicted octanol–water partition coefficient (Wildman–Crippen LogP) is 4.89. The van der Waals surface area contributed by atoms with Crippen molar-refractivity contribution in [3.05, 3.63) is 107 Å². The third kappa shape index (κ3) is 5.36. The minimum absolute atomic E-state index is 0.00806. The Hall–Kier alpha value is -4.65. The number of ether oxygens (including phenoxy) is 2. The first-order valence-corrected chi connectivity index (χ1v) is 11.4. The molecule has 1 aliphatic heterocycles. The topological polar surface area (TPSA) is 84.9 Å². The Morgan fingerprint density at radius 3 is 2.22 bits per heavy atom. The van der Waals surface area contributed by atoms with Gasteiger partial charge in [-0.3, -0.25) is 9.59 Å². The number of Topliss-reactive ketones (excluding diaryl/α,β-unsaturated/α-hetero) is 1. The van der Waals surface area contributed by atoms with E-state index in [1.807, 2.05) is 49.4 Å². The number of anilines is 2. The molecule has 0 radical (unpaired) electrons. The zero-order valence-corrected chi connectivity index (χ0v) is 20.3. The molecule has 3 aromatic carbocycles. The smallest absolute Gasteiger partial charge is 0.343 e. The maximum Gasteiger partial charge on any atom is 0.343 e. The van der Waals surface area contributed by atoms with Crippen LogP contribution in [0.1, 0.15) is 18.1 Å². The number of hydrogen-bond acceptors (Lipinski definition) is 6. The molecule has 1 N–H and O–H groups in total. The summed E-state index contributed by atoms with van der Waals surface area (Å²) in [6.07, 6.45) is 1.72. The number of nitrogens with one attached hydrogen (secondary N) is 1. The highest BCUT2D eigenvalue weighted by Crippen LogP contribution is 2.35. The first kappa shape index (κ1) is 24.5. The van der Waals surface area contributed by atoms with E-state index in [0.29, 0.717) is 22.8 Å². The van der Waals surface area contributed by atoms with Crippen molar-refractivity contribution in [2.24, 2.45) is 0 Å². The van der Waals surface area contributed by atoms with E-state index in [4.69, 9.17) is 9.47 Å². The summed E-state index contributed by atoms with van der Waals surface area (Å²) in [5.41, 5.74) is 4.13. The summed E-state index contributed by atoms with van der Waals surface area (Å²) in [5.74, 6) is -0.832. The van der Waals surface area contributed by atoms with Crippen molar-refractivity contribution in [2.75, 3.05) is 23.9 Å². The first-order valence-electron chi connectivity index (χ1n) is 11.4. The normalized spacial score (nSPS) is 14.2. The fraction of sp³-hybridized carbons (Fsp3) is 0.138. The summed E-state index contributed by atoms with van der Waals surface area (Å²) in [6, 6.07) is 23.8. The number of methoxy groups -OCH3 is 1. The van der Waals surface area contributed by atoms with Gasteiger partial charge in [0.25, 0.3) is 5.91 Å². The van der Waals surface area contributed by atoms with E-state index in [-0.39, 0.29) is 18.1 Å². The van der Waals surface area contributed by atoms with Crippen LogP contribution < -0.4 is 15.0 Å². The maximum absolute atomic E-state index is 13.2. The van der Waals surface area contributed by atoms with Crippen LogP contribution in [0.25, 0.3) is 6.08 Å². The SMILES string of the molecule is COC(=O)C1=C(C)N(c2ccc(C)cc2)/C(=C/c2ccc(OCC(=O)Nc3ccccc3)cc2)C1=O. The molecule has 0 bridgehead atoms. The number of rotatable bonds is 7. The highest BCUT2D eigenvalue weighted by atomic mass is 16.5. The van der Waals surface area contributed by atoms with Crippen LogP contribution in [0.4, 0.5) is 11.4 Å². The Bertz CT molecular complexity index is 1340. The van der Waals surface area contributed by atoms with Crippen molar-refractivity contribution in [3.8, 4) is 5.75 Å². The number of esters is 1. The van der Waals surface area contributed by atoms with Gasteiger partial charge in [0, 0.05) is 17.1 Å². The van der Waals surface area contributed by atoms with Crippen LogP contribution in [0, 0.1) is 6.92 Å². The standard InChI is InChI=1S/C29H26N2O5/c1-19-9-13-23(14-10-19)31-20(2)27(29(34)35-3)28(33)25(31)17-21-11-15-24(16-12-21)36-18-26(32)30-22-7-5-4-6-8-22/h4-17H,18H2,1-3H3,(H,30,32)/b25-17+.